The van der Waals surface area contributed by atoms with Crippen LogP contribution in [0.5, 0.6) is 0 Å². The number of carbonyl (C=O) groups is 2. The van der Waals surface area contributed by atoms with E-state index in [1.165, 1.54) is 12.1 Å². The van der Waals surface area contributed by atoms with E-state index in [4.69, 9.17) is 0 Å². The predicted molar refractivity (Wildman–Crippen MR) is 136 cm³/mol. The van der Waals surface area contributed by atoms with Crippen molar-refractivity contribution in [2.24, 2.45) is 0 Å². The number of hydrogen-bond donors (Lipinski definition) is 2. The number of carbonyl (C=O) groups excluding carboxylic acids is 2. The van der Waals surface area contributed by atoms with Crippen LogP contribution >= 0.6 is 0 Å². The van der Waals surface area contributed by atoms with E-state index < -0.39 is 23.5 Å². The number of amides is 2. The molecule has 0 aromatic heterocycles. The smallest absolute Gasteiger partial charge is 0.269 e. The summed E-state index contributed by atoms with van der Waals surface area (Å²) in [5, 5.41) is 23.6. The van der Waals surface area contributed by atoms with Gasteiger partial charge in [0.15, 0.2) is 0 Å². The number of rotatable bonds is 8. The molecule has 3 aromatic carbocycles. The highest BCUT2D eigenvalue weighted by molar-refractivity contribution is 5.92. The van der Waals surface area contributed by atoms with E-state index in [9.17, 15) is 24.8 Å². The summed E-state index contributed by atoms with van der Waals surface area (Å²) in [5.41, 5.74) is 2.45. The molecule has 0 spiro atoms. The minimum Gasteiger partial charge on any atom is -0.394 e. The Morgan fingerprint density at radius 3 is 1.86 bits per heavy atom. The Morgan fingerprint density at radius 1 is 0.861 bits per heavy atom. The molecule has 4 rings (SSSR count). The molecule has 2 N–H and O–H groups in total. The first-order chi connectivity index (χ1) is 17.5. The molecule has 0 radical (unpaired) electrons. The normalized spacial score (nSPS) is 14.4. The Kier molecular flexibility index (Phi) is 7.92. The maximum atomic E-state index is 13.4. The Bertz CT molecular complexity index is 1140. The van der Waals surface area contributed by atoms with Gasteiger partial charge in [-0.15, -0.1) is 0 Å². The van der Waals surface area contributed by atoms with Crippen LogP contribution in [0.3, 0.4) is 0 Å². The van der Waals surface area contributed by atoms with Crippen molar-refractivity contribution in [1.29, 1.82) is 0 Å². The lowest BCUT2D eigenvalue weighted by atomic mass is 9.90. The van der Waals surface area contributed by atoms with Crippen LogP contribution in [-0.4, -0.2) is 65.6 Å². The first-order valence-electron chi connectivity index (χ1n) is 11.8. The van der Waals surface area contributed by atoms with Gasteiger partial charge in [-0.2, -0.15) is 0 Å². The zero-order valence-corrected chi connectivity index (χ0v) is 19.7. The number of benzene rings is 3. The second-order valence-corrected chi connectivity index (χ2v) is 8.58. The molecule has 1 aliphatic rings. The van der Waals surface area contributed by atoms with Crippen LogP contribution in [0.1, 0.15) is 17.0 Å². The summed E-state index contributed by atoms with van der Waals surface area (Å²) in [7, 11) is 0. The lowest BCUT2D eigenvalue weighted by Gasteiger charge is -2.37. The van der Waals surface area contributed by atoms with Crippen molar-refractivity contribution in [1.82, 2.24) is 10.2 Å². The van der Waals surface area contributed by atoms with Gasteiger partial charge in [-0.05, 0) is 23.3 Å². The Balaban J connectivity index is 1.41. The van der Waals surface area contributed by atoms with E-state index in [0.717, 1.165) is 16.8 Å². The van der Waals surface area contributed by atoms with Gasteiger partial charge in [-0.1, -0.05) is 60.7 Å². The lowest BCUT2D eigenvalue weighted by molar-refractivity contribution is -0.384. The number of nitro groups is 1. The maximum absolute atomic E-state index is 13.4. The zero-order chi connectivity index (χ0) is 25.5. The molecule has 0 aliphatic carbocycles. The van der Waals surface area contributed by atoms with Crippen molar-refractivity contribution in [2.75, 3.05) is 37.7 Å². The van der Waals surface area contributed by atoms with E-state index >= 15 is 0 Å². The first-order valence-corrected chi connectivity index (χ1v) is 11.8. The molecule has 36 heavy (non-hydrogen) atoms. The number of non-ortho nitro benzene ring substituents is 1. The van der Waals surface area contributed by atoms with E-state index in [-0.39, 0.29) is 17.5 Å². The quantitative estimate of drug-likeness (QED) is 0.372. The zero-order valence-electron chi connectivity index (χ0n) is 19.7. The Morgan fingerprint density at radius 2 is 1.39 bits per heavy atom. The van der Waals surface area contributed by atoms with Crippen LogP contribution in [0.2, 0.25) is 0 Å². The highest BCUT2D eigenvalue weighted by Crippen LogP contribution is 2.25. The monoisotopic (exact) mass is 488 g/mol. The summed E-state index contributed by atoms with van der Waals surface area (Å²) in [6, 6.07) is 23.9. The molecule has 1 fully saturated rings. The summed E-state index contributed by atoms with van der Waals surface area (Å²) in [4.78, 5) is 40.7. The van der Waals surface area contributed by atoms with Crippen molar-refractivity contribution in [3.05, 3.63) is 106 Å². The van der Waals surface area contributed by atoms with Crippen molar-refractivity contribution in [2.45, 2.75) is 12.0 Å². The van der Waals surface area contributed by atoms with Crippen molar-refractivity contribution in [3.8, 4) is 0 Å². The number of nitrogens with one attached hydrogen (secondary N) is 1. The van der Waals surface area contributed by atoms with Crippen LogP contribution in [0.4, 0.5) is 11.4 Å². The molecule has 1 aliphatic heterocycles. The van der Waals surface area contributed by atoms with Gasteiger partial charge < -0.3 is 20.2 Å². The lowest BCUT2D eigenvalue weighted by Crippen LogP contribution is -2.56. The number of aliphatic hydroxyl groups excluding tert-OH is 1. The van der Waals surface area contributed by atoms with Gasteiger partial charge in [-0.3, -0.25) is 19.7 Å². The van der Waals surface area contributed by atoms with Gasteiger partial charge in [0, 0.05) is 44.0 Å². The molecule has 9 heteroatoms. The number of anilines is 1. The van der Waals surface area contributed by atoms with Crippen LogP contribution < -0.4 is 10.2 Å². The second-order valence-electron chi connectivity index (χ2n) is 8.58. The Labute approximate surface area is 209 Å². The van der Waals surface area contributed by atoms with E-state index in [1.54, 1.807) is 17.0 Å². The highest BCUT2D eigenvalue weighted by Gasteiger charge is 2.31. The average molecular weight is 489 g/mol. The minimum absolute atomic E-state index is 0.0263. The van der Waals surface area contributed by atoms with Crippen LogP contribution in [0, 0.1) is 10.1 Å². The summed E-state index contributed by atoms with van der Waals surface area (Å²) in [6.45, 7) is 1.37. The summed E-state index contributed by atoms with van der Waals surface area (Å²) in [6.07, 6.45) is 0. The topological polar surface area (TPSA) is 116 Å². The van der Waals surface area contributed by atoms with Gasteiger partial charge in [0.2, 0.25) is 11.8 Å². The largest absolute Gasteiger partial charge is 0.394 e. The molecular formula is C27H28N4O5. The highest BCUT2D eigenvalue weighted by atomic mass is 16.6. The molecule has 1 atom stereocenters. The van der Waals surface area contributed by atoms with Crippen molar-refractivity contribution in [3.63, 3.8) is 0 Å². The molecule has 0 unspecified atom stereocenters. The van der Waals surface area contributed by atoms with Crippen LogP contribution in [-0.2, 0) is 9.59 Å². The number of aliphatic hydroxyl groups is 1. The molecule has 186 valence electrons. The molecule has 1 saturated heterocycles. The summed E-state index contributed by atoms with van der Waals surface area (Å²) < 4.78 is 0. The first kappa shape index (κ1) is 24.9. The van der Waals surface area contributed by atoms with Gasteiger partial charge in [0.1, 0.15) is 6.04 Å². The fraction of sp³-hybridized carbons (Fsp3) is 0.259. The molecule has 1 heterocycles. The van der Waals surface area contributed by atoms with E-state index in [0.29, 0.717) is 26.2 Å². The van der Waals surface area contributed by atoms with Crippen LogP contribution in [0.25, 0.3) is 0 Å². The molecule has 3 aromatic rings. The molecular weight excluding hydrogens is 460 g/mol. The summed E-state index contributed by atoms with van der Waals surface area (Å²) >= 11 is 0. The maximum Gasteiger partial charge on any atom is 0.269 e. The third-order valence-corrected chi connectivity index (χ3v) is 6.34. The van der Waals surface area contributed by atoms with Crippen LogP contribution in [0.15, 0.2) is 84.9 Å². The van der Waals surface area contributed by atoms with E-state index in [2.05, 4.69) is 5.32 Å². The summed E-state index contributed by atoms with van der Waals surface area (Å²) in [5.74, 6) is -1.31. The third-order valence-electron chi connectivity index (χ3n) is 6.34. The minimum atomic E-state index is -1.06. The van der Waals surface area contributed by atoms with Crippen molar-refractivity contribution < 1.29 is 19.6 Å². The standard InChI is InChI=1S/C27H28N4O5/c32-19-24(28-26(33)25(20-7-3-1-4-8-20)21-9-5-2-6-10-21)27(34)30-17-15-29(16-18-30)22-11-13-23(14-12-22)31(35)36/h1-14,24-25,32H,15-19H2,(H,28,33)/t24-/m0/s1. The molecule has 0 saturated carbocycles. The molecule has 0 bridgehead atoms. The second kappa shape index (κ2) is 11.5. The van der Waals surface area contributed by atoms with E-state index in [1.807, 2.05) is 65.6 Å². The Hall–Kier alpha value is -4.24. The molecule has 9 nitrogen and oxygen atoms in total. The van der Waals surface area contributed by atoms with Gasteiger partial charge >= 0.3 is 0 Å². The van der Waals surface area contributed by atoms with Crippen molar-refractivity contribution >= 4 is 23.2 Å². The number of nitro benzene ring substituents is 1. The molecule has 2 amide bonds. The predicted octanol–water partition coefficient (Wildman–Crippen LogP) is 2.55. The fourth-order valence-electron chi connectivity index (χ4n) is 4.42. The van der Waals surface area contributed by atoms with Gasteiger partial charge in [-0.25, -0.2) is 0 Å². The fourth-order valence-corrected chi connectivity index (χ4v) is 4.42. The van der Waals surface area contributed by atoms with Gasteiger partial charge in [0.05, 0.1) is 17.4 Å². The number of nitrogens with zero attached hydrogens (tertiary/aromatic N) is 3. The third kappa shape index (κ3) is 5.69. The SMILES string of the molecule is O=C(N[C@@H](CO)C(=O)N1CCN(c2ccc([N+](=O)[O-])cc2)CC1)C(c1ccccc1)c1ccccc1. The number of hydrogen-bond acceptors (Lipinski definition) is 6. The average Bonchev–Trinajstić information content (AvgIpc) is 2.93. The number of piperazine rings is 1. The van der Waals surface area contributed by atoms with Gasteiger partial charge in [0.25, 0.3) is 5.69 Å².